The van der Waals surface area contributed by atoms with E-state index < -0.39 is 47.6 Å². The molecule has 2 amide bonds. The van der Waals surface area contributed by atoms with Crippen LogP contribution >= 0.6 is 0 Å². The Labute approximate surface area is 236 Å². The maximum atomic E-state index is 13.7. The van der Waals surface area contributed by atoms with Gasteiger partial charge in [0.05, 0.1) is 0 Å². The van der Waals surface area contributed by atoms with E-state index >= 15 is 0 Å². The molecule has 4 bridgehead atoms. The molecule has 214 valence electrons. The Morgan fingerprint density at radius 2 is 1.85 bits per heavy atom. The Hall–Kier alpha value is -4.38. The largest absolute Gasteiger partial charge is 0.476 e. The van der Waals surface area contributed by atoms with E-state index in [9.17, 15) is 24.6 Å². The Morgan fingerprint density at radius 1 is 1.10 bits per heavy atom. The third kappa shape index (κ3) is 4.06. The summed E-state index contributed by atoms with van der Waals surface area (Å²) in [6.45, 7) is 7.13. The fourth-order valence-corrected chi connectivity index (χ4v) is 6.01. The van der Waals surface area contributed by atoms with Crippen LogP contribution in [0.4, 0.5) is 5.69 Å². The van der Waals surface area contributed by atoms with Gasteiger partial charge in [-0.1, -0.05) is 58.0 Å². The number of nitrogens with one attached hydrogen (secondary N) is 3. The summed E-state index contributed by atoms with van der Waals surface area (Å²) in [5.41, 5.74) is 1.47. The highest BCUT2D eigenvalue weighted by Crippen LogP contribution is 2.58. The Kier molecular flexibility index (Phi) is 6.29. The molecule has 1 aromatic heterocycles. The van der Waals surface area contributed by atoms with Crippen LogP contribution in [0.3, 0.4) is 0 Å². The molecule has 1 spiro atoms. The number of hydrogen-bond acceptors (Lipinski definition) is 8. The van der Waals surface area contributed by atoms with Gasteiger partial charge in [-0.05, 0) is 35.1 Å². The molecule has 4 heterocycles. The zero-order valence-electron chi connectivity index (χ0n) is 23.1. The van der Waals surface area contributed by atoms with Gasteiger partial charge in [0, 0.05) is 17.7 Å². The second-order valence-corrected chi connectivity index (χ2v) is 11.5. The maximum Gasteiger partial charge on any atom is 0.358 e. The summed E-state index contributed by atoms with van der Waals surface area (Å²) in [6.07, 6.45) is -1.89. The lowest BCUT2D eigenvalue weighted by atomic mass is 9.72. The number of amides is 2. The maximum absolute atomic E-state index is 13.7. The lowest BCUT2D eigenvalue weighted by Gasteiger charge is -2.29. The number of fused-ring (bicyclic) bond motifs is 4. The van der Waals surface area contributed by atoms with Crippen LogP contribution in [-0.4, -0.2) is 51.4 Å². The first-order valence-electron chi connectivity index (χ1n) is 13.7. The second-order valence-electron chi connectivity index (χ2n) is 11.5. The van der Waals surface area contributed by atoms with E-state index in [2.05, 4.69) is 20.9 Å². The summed E-state index contributed by atoms with van der Waals surface area (Å²) in [5.74, 6) is -2.35. The summed E-state index contributed by atoms with van der Waals surface area (Å²) in [5, 5.41) is 29.7. The molecule has 3 aromatic rings. The molecular formula is C30H32N4O7. The highest BCUT2D eigenvalue weighted by molar-refractivity contribution is 5.91. The van der Waals surface area contributed by atoms with E-state index in [1.54, 1.807) is 26.0 Å². The number of carbonyl (C=O) groups is 3. The minimum Gasteiger partial charge on any atom is -0.476 e. The number of para-hydroxylation sites is 1. The van der Waals surface area contributed by atoms with Crippen LogP contribution in [0.15, 0.2) is 46.9 Å². The predicted octanol–water partition coefficient (Wildman–Crippen LogP) is 2.72. The third-order valence-electron chi connectivity index (χ3n) is 8.15. The van der Waals surface area contributed by atoms with Gasteiger partial charge < -0.3 is 35.3 Å². The van der Waals surface area contributed by atoms with Crippen molar-refractivity contribution in [1.82, 2.24) is 15.6 Å². The smallest absolute Gasteiger partial charge is 0.358 e. The van der Waals surface area contributed by atoms with Gasteiger partial charge in [-0.15, -0.1) is 0 Å². The number of carboxylic acids is 1. The number of benzene rings is 2. The Bertz CT molecular complexity index is 1560. The fraction of sp³-hybridized carbons (Fsp3) is 0.400. The van der Waals surface area contributed by atoms with E-state index in [-0.39, 0.29) is 35.6 Å². The first kappa shape index (κ1) is 26.8. The molecule has 1 unspecified atom stereocenters. The summed E-state index contributed by atoms with van der Waals surface area (Å²) >= 11 is 0. The molecule has 0 saturated heterocycles. The number of anilines is 1. The number of aliphatic hydroxyl groups is 1. The van der Waals surface area contributed by atoms with Crippen LogP contribution in [-0.2, 0) is 21.4 Å². The molecule has 41 heavy (non-hydrogen) atoms. The van der Waals surface area contributed by atoms with Gasteiger partial charge in [0.2, 0.25) is 17.7 Å². The van der Waals surface area contributed by atoms with Gasteiger partial charge in [0.25, 0.3) is 0 Å². The average molecular weight is 561 g/mol. The quantitative estimate of drug-likeness (QED) is 0.316. The topological polar surface area (TPSA) is 163 Å². The van der Waals surface area contributed by atoms with Crippen molar-refractivity contribution in [2.75, 3.05) is 5.32 Å². The number of ether oxygens (including phenoxy) is 1. The van der Waals surface area contributed by atoms with Crippen molar-refractivity contribution >= 4 is 23.5 Å². The van der Waals surface area contributed by atoms with Gasteiger partial charge in [-0.2, -0.15) is 0 Å². The summed E-state index contributed by atoms with van der Waals surface area (Å²) in [7, 11) is 0. The average Bonchev–Trinajstić information content (AvgIpc) is 3.59. The monoisotopic (exact) mass is 560 g/mol. The number of carbonyl (C=O) groups excluding carboxylic acids is 2. The number of aromatic nitrogens is 1. The molecule has 3 aliphatic heterocycles. The van der Waals surface area contributed by atoms with E-state index in [4.69, 9.17) is 9.15 Å². The van der Waals surface area contributed by atoms with Crippen molar-refractivity contribution in [3.8, 4) is 5.75 Å². The molecule has 5 atom stereocenters. The highest BCUT2D eigenvalue weighted by atomic mass is 16.5. The van der Waals surface area contributed by atoms with Crippen LogP contribution in [0, 0.1) is 11.8 Å². The van der Waals surface area contributed by atoms with Gasteiger partial charge >= 0.3 is 5.97 Å². The molecule has 3 aliphatic rings. The molecule has 0 saturated carbocycles. The lowest BCUT2D eigenvalue weighted by molar-refractivity contribution is -0.135. The van der Waals surface area contributed by atoms with Crippen LogP contribution in [0.5, 0.6) is 5.75 Å². The van der Waals surface area contributed by atoms with Crippen LogP contribution in [0.1, 0.15) is 72.6 Å². The molecule has 11 heteroatoms. The highest BCUT2D eigenvalue weighted by Gasteiger charge is 2.61. The molecule has 6 rings (SSSR count). The van der Waals surface area contributed by atoms with Crippen LogP contribution < -0.4 is 20.7 Å². The minimum absolute atomic E-state index is 0.0377. The van der Waals surface area contributed by atoms with Gasteiger partial charge in [0.1, 0.15) is 29.4 Å². The van der Waals surface area contributed by atoms with Crippen LogP contribution in [0.25, 0.3) is 0 Å². The standard InChI is InChI=1S/C30H32N4O7/c1-13(2)21-27-34-22(28(38)39)24(41-27)30-16-7-5-6-8-18(16)32-29(30)40-20-10-9-15(11-17(20)30)12-19(25(36)33-21)31-26(37)23(35)14(3)4/h5-11,13-14,19,21,23,29,32,35H,12H2,1-4H3,(H,31,37)(H,33,36)(H,38,39)/t19-,21-,23-,29?,30-/m0/s1. The van der Waals surface area contributed by atoms with Crippen molar-refractivity contribution in [2.45, 2.75) is 63.9 Å². The van der Waals surface area contributed by atoms with Crippen molar-refractivity contribution in [3.63, 3.8) is 0 Å². The van der Waals surface area contributed by atoms with Gasteiger partial charge in [-0.3, -0.25) is 9.59 Å². The summed E-state index contributed by atoms with van der Waals surface area (Å²) in [6, 6.07) is 11.2. The number of aliphatic hydroxyl groups excluding tert-OH is 1. The third-order valence-corrected chi connectivity index (χ3v) is 8.15. The van der Waals surface area contributed by atoms with Crippen molar-refractivity contribution in [2.24, 2.45) is 11.8 Å². The van der Waals surface area contributed by atoms with E-state index in [1.807, 2.05) is 44.2 Å². The van der Waals surface area contributed by atoms with Crippen molar-refractivity contribution in [3.05, 3.63) is 76.5 Å². The number of rotatable bonds is 5. The van der Waals surface area contributed by atoms with E-state index in [1.165, 1.54) is 0 Å². The molecule has 5 N–H and O–H groups in total. The Morgan fingerprint density at radius 3 is 2.56 bits per heavy atom. The molecule has 0 radical (unpaired) electrons. The minimum atomic E-state index is -1.30. The van der Waals surface area contributed by atoms with E-state index in [0.717, 1.165) is 11.3 Å². The summed E-state index contributed by atoms with van der Waals surface area (Å²) < 4.78 is 12.8. The number of carboxylic acid groups (broad SMARTS) is 1. The molecular weight excluding hydrogens is 528 g/mol. The number of oxazole rings is 1. The molecule has 0 fully saturated rings. The van der Waals surface area contributed by atoms with Crippen LogP contribution in [0.2, 0.25) is 0 Å². The van der Waals surface area contributed by atoms with Gasteiger partial charge in [0.15, 0.2) is 17.7 Å². The zero-order valence-corrected chi connectivity index (χ0v) is 23.1. The SMILES string of the molecule is CC(C)[C@H](O)C(=O)N[C@H]1Cc2ccc3c(c2)[C@@]2(c4ccccc4NC2O3)c2oc(nc2C(=O)O)[C@H](C(C)C)NC1=O. The zero-order chi connectivity index (χ0) is 29.2. The summed E-state index contributed by atoms with van der Waals surface area (Å²) in [4.78, 5) is 43.6. The Balaban J connectivity index is 1.59. The normalized spacial score (nSPS) is 24.8. The number of nitrogens with zero attached hydrogens (tertiary/aromatic N) is 1. The van der Waals surface area contributed by atoms with E-state index in [0.29, 0.717) is 16.9 Å². The molecule has 0 aliphatic carbocycles. The van der Waals surface area contributed by atoms with Gasteiger partial charge in [-0.25, -0.2) is 9.78 Å². The number of hydrogen-bond donors (Lipinski definition) is 5. The fourth-order valence-electron chi connectivity index (χ4n) is 6.01. The number of aromatic carboxylic acids is 1. The predicted molar refractivity (Wildman–Crippen MR) is 146 cm³/mol. The van der Waals surface area contributed by atoms with Crippen molar-refractivity contribution < 1.29 is 33.8 Å². The second kappa shape index (κ2) is 9.62. The first-order chi connectivity index (χ1) is 19.5. The first-order valence-corrected chi connectivity index (χ1v) is 13.7. The molecule has 11 nitrogen and oxygen atoms in total. The molecule has 2 aromatic carbocycles. The lowest BCUT2D eigenvalue weighted by Crippen LogP contribution is -2.52. The van der Waals surface area contributed by atoms with Crippen molar-refractivity contribution in [1.29, 1.82) is 0 Å².